The van der Waals surface area contributed by atoms with E-state index in [2.05, 4.69) is 5.32 Å². The van der Waals surface area contributed by atoms with Crippen molar-refractivity contribution >= 4 is 23.8 Å². The van der Waals surface area contributed by atoms with Gasteiger partial charge in [0.25, 0.3) is 17.7 Å². The van der Waals surface area contributed by atoms with Crippen LogP contribution in [0.1, 0.15) is 20.7 Å². The summed E-state index contributed by atoms with van der Waals surface area (Å²) in [4.78, 5) is 49.4. The fraction of sp³-hybridized carbons (Fsp3) is 0.231. The molecular weight excluding hydrogens is 262 g/mol. The second-order valence-electron chi connectivity index (χ2n) is 4.52. The SMILES string of the molecule is O=C(CN1C(=O)c2ccccc2C1=O)N1CCNC1=O. The fourth-order valence-corrected chi connectivity index (χ4v) is 2.31. The van der Waals surface area contributed by atoms with E-state index in [1.807, 2.05) is 0 Å². The van der Waals surface area contributed by atoms with Gasteiger partial charge in [0, 0.05) is 13.1 Å². The molecular formula is C13H11N3O4. The highest BCUT2D eigenvalue weighted by Crippen LogP contribution is 2.22. The van der Waals surface area contributed by atoms with Gasteiger partial charge in [-0.25, -0.2) is 4.79 Å². The van der Waals surface area contributed by atoms with Crippen LogP contribution in [0.2, 0.25) is 0 Å². The maximum Gasteiger partial charge on any atom is 0.324 e. The molecule has 0 aliphatic carbocycles. The number of urea groups is 1. The van der Waals surface area contributed by atoms with Gasteiger partial charge in [-0.15, -0.1) is 0 Å². The lowest BCUT2D eigenvalue weighted by molar-refractivity contribution is -0.127. The van der Waals surface area contributed by atoms with Crippen LogP contribution >= 0.6 is 0 Å². The predicted octanol–water partition coefficient (Wildman–Crippen LogP) is -0.166. The number of carbonyl (C=O) groups is 4. The van der Waals surface area contributed by atoms with Gasteiger partial charge in [0.05, 0.1) is 11.1 Å². The molecule has 1 aromatic carbocycles. The van der Waals surface area contributed by atoms with Gasteiger partial charge >= 0.3 is 6.03 Å². The van der Waals surface area contributed by atoms with Gasteiger partial charge in [-0.05, 0) is 12.1 Å². The van der Waals surface area contributed by atoms with E-state index < -0.39 is 30.3 Å². The molecule has 20 heavy (non-hydrogen) atoms. The van der Waals surface area contributed by atoms with Crippen LogP contribution in [-0.4, -0.2) is 53.2 Å². The Bertz CT molecular complexity index is 605. The molecule has 0 radical (unpaired) electrons. The number of benzene rings is 1. The van der Waals surface area contributed by atoms with E-state index in [0.29, 0.717) is 6.54 Å². The lowest BCUT2D eigenvalue weighted by atomic mass is 10.1. The quantitative estimate of drug-likeness (QED) is 0.758. The Balaban J connectivity index is 1.80. The molecule has 0 atom stereocenters. The van der Waals surface area contributed by atoms with Crippen molar-refractivity contribution in [3.8, 4) is 0 Å². The minimum atomic E-state index is -0.561. The average molecular weight is 273 g/mol. The molecule has 0 aromatic heterocycles. The molecule has 102 valence electrons. The van der Waals surface area contributed by atoms with Crippen molar-refractivity contribution in [2.45, 2.75) is 0 Å². The zero-order chi connectivity index (χ0) is 14.3. The summed E-state index contributed by atoms with van der Waals surface area (Å²) in [6, 6.07) is 5.91. The minimum absolute atomic E-state index is 0.251. The van der Waals surface area contributed by atoms with E-state index in [1.165, 1.54) is 0 Å². The van der Waals surface area contributed by atoms with E-state index in [0.717, 1.165) is 9.80 Å². The molecule has 3 rings (SSSR count). The topological polar surface area (TPSA) is 86.8 Å². The van der Waals surface area contributed by atoms with Crippen LogP contribution in [0, 0.1) is 0 Å². The van der Waals surface area contributed by atoms with Crippen LogP contribution in [0.4, 0.5) is 4.79 Å². The Morgan fingerprint density at radius 2 is 1.70 bits per heavy atom. The zero-order valence-corrected chi connectivity index (χ0v) is 10.5. The van der Waals surface area contributed by atoms with Crippen LogP contribution in [0.3, 0.4) is 0 Å². The zero-order valence-electron chi connectivity index (χ0n) is 10.5. The molecule has 2 aliphatic rings. The molecule has 7 heteroatoms. The Morgan fingerprint density at radius 1 is 1.10 bits per heavy atom. The molecule has 1 fully saturated rings. The van der Waals surface area contributed by atoms with Gasteiger partial charge in [0.2, 0.25) is 0 Å². The van der Waals surface area contributed by atoms with E-state index in [1.54, 1.807) is 24.3 Å². The standard InChI is InChI=1S/C13H11N3O4/c17-10(15-6-5-14-13(15)20)7-16-11(18)8-3-1-2-4-9(8)12(16)19/h1-4H,5-7H2,(H,14,20). The second kappa shape index (κ2) is 4.44. The van der Waals surface area contributed by atoms with Crippen molar-refractivity contribution in [1.29, 1.82) is 0 Å². The van der Waals surface area contributed by atoms with Crippen molar-refractivity contribution in [3.63, 3.8) is 0 Å². The molecule has 1 saturated heterocycles. The van der Waals surface area contributed by atoms with E-state index >= 15 is 0 Å². The maximum atomic E-state index is 12.1. The summed E-state index contributed by atoms with van der Waals surface area (Å²) >= 11 is 0. The third-order valence-corrected chi connectivity index (χ3v) is 3.33. The first-order valence-corrected chi connectivity index (χ1v) is 6.13. The number of rotatable bonds is 2. The summed E-state index contributed by atoms with van der Waals surface area (Å²) in [5.41, 5.74) is 0.576. The summed E-state index contributed by atoms with van der Waals surface area (Å²) in [6.07, 6.45) is 0. The molecule has 0 unspecified atom stereocenters. The molecule has 2 heterocycles. The molecule has 0 saturated carbocycles. The summed E-state index contributed by atoms with van der Waals surface area (Å²) in [5.74, 6) is -1.56. The second-order valence-corrected chi connectivity index (χ2v) is 4.52. The maximum absolute atomic E-state index is 12.1. The highest BCUT2D eigenvalue weighted by molar-refractivity contribution is 6.22. The van der Waals surface area contributed by atoms with Crippen LogP contribution < -0.4 is 5.32 Å². The van der Waals surface area contributed by atoms with E-state index in [9.17, 15) is 19.2 Å². The van der Waals surface area contributed by atoms with Crippen molar-refractivity contribution in [1.82, 2.24) is 15.1 Å². The molecule has 2 aliphatic heterocycles. The summed E-state index contributed by atoms with van der Waals surface area (Å²) in [7, 11) is 0. The first-order chi connectivity index (χ1) is 9.59. The number of imide groups is 2. The Hall–Kier alpha value is -2.70. The molecule has 0 bridgehead atoms. The van der Waals surface area contributed by atoms with Crippen LogP contribution in [-0.2, 0) is 4.79 Å². The average Bonchev–Trinajstić information content (AvgIpc) is 2.97. The van der Waals surface area contributed by atoms with Crippen molar-refractivity contribution in [3.05, 3.63) is 35.4 Å². The fourth-order valence-electron chi connectivity index (χ4n) is 2.31. The Labute approximate surface area is 114 Å². The molecule has 0 spiro atoms. The number of nitrogens with zero attached hydrogens (tertiary/aromatic N) is 2. The van der Waals surface area contributed by atoms with Gasteiger partial charge in [0.15, 0.2) is 0 Å². The van der Waals surface area contributed by atoms with Crippen molar-refractivity contribution in [2.24, 2.45) is 0 Å². The van der Waals surface area contributed by atoms with Gasteiger partial charge in [-0.2, -0.15) is 0 Å². The molecule has 1 N–H and O–H groups in total. The molecule has 1 aromatic rings. The lowest BCUT2D eigenvalue weighted by Gasteiger charge is -2.17. The first-order valence-electron chi connectivity index (χ1n) is 6.13. The first kappa shape index (κ1) is 12.3. The number of carbonyl (C=O) groups excluding carboxylic acids is 4. The molecule has 7 nitrogen and oxygen atoms in total. The smallest absolute Gasteiger partial charge is 0.324 e. The number of hydrogen-bond acceptors (Lipinski definition) is 4. The summed E-state index contributed by atoms with van der Waals surface area (Å²) in [6.45, 7) is 0.216. The number of nitrogens with one attached hydrogen (secondary N) is 1. The van der Waals surface area contributed by atoms with Gasteiger partial charge in [0.1, 0.15) is 6.54 Å². The molecule has 5 amide bonds. The van der Waals surface area contributed by atoms with Crippen LogP contribution in [0.15, 0.2) is 24.3 Å². The van der Waals surface area contributed by atoms with Gasteiger partial charge in [-0.1, -0.05) is 12.1 Å². The van der Waals surface area contributed by atoms with Crippen molar-refractivity contribution < 1.29 is 19.2 Å². The third kappa shape index (κ3) is 1.75. The van der Waals surface area contributed by atoms with Crippen LogP contribution in [0.5, 0.6) is 0 Å². The van der Waals surface area contributed by atoms with Gasteiger partial charge in [-0.3, -0.25) is 24.2 Å². The predicted molar refractivity (Wildman–Crippen MR) is 66.9 cm³/mol. The van der Waals surface area contributed by atoms with Gasteiger partial charge < -0.3 is 5.32 Å². The number of fused-ring (bicyclic) bond motifs is 1. The normalized spacial score (nSPS) is 17.5. The highest BCUT2D eigenvalue weighted by atomic mass is 16.2. The Kier molecular flexibility index (Phi) is 2.74. The lowest BCUT2D eigenvalue weighted by Crippen LogP contribution is -2.43. The Morgan fingerprint density at radius 3 is 2.20 bits per heavy atom. The number of hydrogen-bond donors (Lipinski definition) is 1. The monoisotopic (exact) mass is 273 g/mol. The van der Waals surface area contributed by atoms with E-state index in [-0.39, 0.29) is 17.7 Å². The van der Waals surface area contributed by atoms with E-state index in [4.69, 9.17) is 0 Å². The van der Waals surface area contributed by atoms with Crippen LogP contribution in [0.25, 0.3) is 0 Å². The summed E-state index contributed by atoms with van der Waals surface area (Å²) in [5, 5.41) is 2.49. The van der Waals surface area contributed by atoms with Crippen molar-refractivity contribution in [2.75, 3.05) is 19.6 Å². The largest absolute Gasteiger partial charge is 0.336 e. The summed E-state index contributed by atoms with van der Waals surface area (Å²) < 4.78 is 0. The highest BCUT2D eigenvalue weighted by Gasteiger charge is 2.38. The number of amides is 5. The minimum Gasteiger partial charge on any atom is -0.336 e. The third-order valence-electron chi connectivity index (χ3n) is 3.33.